The second kappa shape index (κ2) is 6.60. The third-order valence-corrected chi connectivity index (χ3v) is 5.13. The third kappa shape index (κ3) is 3.85. The summed E-state index contributed by atoms with van der Waals surface area (Å²) in [5.74, 6) is 0.660. The molecule has 0 aliphatic carbocycles. The fraction of sp³-hybridized carbons (Fsp3) is 0.250. The summed E-state index contributed by atoms with van der Waals surface area (Å²) >= 11 is 5.19. The Labute approximate surface area is 127 Å². The van der Waals surface area contributed by atoms with Crippen molar-refractivity contribution in [1.82, 2.24) is 0 Å². The zero-order valence-electron chi connectivity index (χ0n) is 11.1. The second-order valence-electron chi connectivity index (χ2n) is 4.62. The summed E-state index contributed by atoms with van der Waals surface area (Å²) in [7, 11) is 0. The molecule has 0 saturated heterocycles. The first-order valence-corrected chi connectivity index (χ1v) is 7.98. The molecule has 0 aliphatic rings. The molecule has 0 aromatic heterocycles. The first kappa shape index (κ1) is 14.6. The summed E-state index contributed by atoms with van der Waals surface area (Å²) in [6, 6.07) is 14.3. The monoisotopic (exact) mass is 336 g/mol. The predicted molar refractivity (Wildman–Crippen MR) is 85.7 cm³/mol. The molecule has 0 fully saturated rings. The van der Waals surface area contributed by atoms with E-state index in [-0.39, 0.29) is 0 Å². The van der Waals surface area contributed by atoms with Crippen molar-refractivity contribution in [3.8, 4) is 0 Å². The van der Waals surface area contributed by atoms with E-state index in [0.717, 1.165) is 20.5 Å². The number of benzene rings is 2. The van der Waals surface area contributed by atoms with E-state index in [1.165, 1.54) is 5.56 Å². The fourth-order valence-corrected chi connectivity index (χ4v) is 3.47. The van der Waals surface area contributed by atoms with Gasteiger partial charge >= 0.3 is 0 Å². The Balaban J connectivity index is 2.07. The zero-order valence-corrected chi connectivity index (χ0v) is 13.5. The van der Waals surface area contributed by atoms with Gasteiger partial charge in [0.2, 0.25) is 0 Å². The molecule has 1 unspecified atom stereocenters. The van der Waals surface area contributed by atoms with E-state index >= 15 is 0 Å². The Kier molecular flexibility index (Phi) is 5.08. The number of halogens is 1. The molecular weight excluding hydrogens is 320 g/mol. The van der Waals surface area contributed by atoms with Crippen LogP contribution in [-0.4, -0.2) is 10.9 Å². The Bertz CT molecular complexity index is 568. The van der Waals surface area contributed by atoms with Gasteiger partial charge in [-0.1, -0.05) is 35.9 Å². The van der Waals surface area contributed by atoms with Crippen LogP contribution in [0.5, 0.6) is 0 Å². The number of rotatable bonds is 4. The van der Waals surface area contributed by atoms with Crippen LogP contribution in [0, 0.1) is 13.8 Å². The van der Waals surface area contributed by atoms with Crippen molar-refractivity contribution < 1.29 is 5.11 Å². The minimum atomic E-state index is -0.433. The number of thioether (sulfide) groups is 1. The highest BCUT2D eigenvalue weighted by Gasteiger charge is 2.12. The van der Waals surface area contributed by atoms with Gasteiger partial charge in [-0.05, 0) is 53.0 Å². The van der Waals surface area contributed by atoms with Crippen molar-refractivity contribution in [3.05, 3.63) is 63.6 Å². The molecule has 0 bridgehead atoms. The highest BCUT2D eigenvalue weighted by Crippen LogP contribution is 2.31. The van der Waals surface area contributed by atoms with Gasteiger partial charge in [0.25, 0.3) is 0 Å². The van der Waals surface area contributed by atoms with Gasteiger partial charge in [0.1, 0.15) is 0 Å². The molecule has 0 heterocycles. The van der Waals surface area contributed by atoms with Crippen LogP contribution in [0.1, 0.15) is 22.8 Å². The first-order valence-electron chi connectivity index (χ1n) is 6.20. The first-order chi connectivity index (χ1) is 9.08. The molecule has 0 spiro atoms. The summed E-state index contributed by atoms with van der Waals surface area (Å²) in [5, 5.41) is 10.3. The van der Waals surface area contributed by atoms with E-state index in [2.05, 4.69) is 47.1 Å². The van der Waals surface area contributed by atoms with Gasteiger partial charge in [-0.2, -0.15) is 0 Å². The van der Waals surface area contributed by atoms with Gasteiger partial charge in [0.05, 0.1) is 6.10 Å². The Morgan fingerprint density at radius 1 is 1.16 bits per heavy atom. The van der Waals surface area contributed by atoms with Crippen LogP contribution < -0.4 is 0 Å². The summed E-state index contributed by atoms with van der Waals surface area (Å²) < 4.78 is 1.08. The third-order valence-electron chi connectivity index (χ3n) is 3.03. The fourth-order valence-electron chi connectivity index (χ4n) is 1.94. The molecule has 2 aromatic rings. The van der Waals surface area contributed by atoms with Crippen LogP contribution in [0.3, 0.4) is 0 Å². The molecule has 1 nitrogen and oxygen atoms in total. The molecule has 3 heteroatoms. The van der Waals surface area contributed by atoms with Gasteiger partial charge in [-0.3, -0.25) is 0 Å². The Hall–Kier alpha value is -0.770. The smallest absolute Gasteiger partial charge is 0.0886 e. The van der Waals surface area contributed by atoms with E-state index in [1.54, 1.807) is 11.8 Å². The lowest BCUT2D eigenvalue weighted by Gasteiger charge is -2.14. The molecule has 0 radical (unpaired) electrons. The van der Waals surface area contributed by atoms with Crippen LogP contribution in [0.25, 0.3) is 0 Å². The van der Waals surface area contributed by atoms with Crippen molar-refractivity contribution in [2.45, 2.75) is 24.8 Å². The van der Waals surface area contributed by atoms with Crippen molar-refractivity contribution in [2.75, 3.05) is 5.75 Å². The quantitative estimate of drug-likeness (QED) is 0.802. The number of aliphatic hydroxyl groups is 1. The van der Waals surface area contributed by atoms with Gasteiger partial charge in [0, 0.05) is 15.1 Å². The molecular formula is C16H17BrOS. The van der Waals surface area contributed by atoms with Crippen molar-refractivity contribution in [3.63, 3.8) is 0 Å². The topological polar surface area (TPSA) is 20.2 Å². The van der Waals surface area contributed by atoms with E-state index in [9.17, 15) is 5.11 Å². The van der Waals surface area contributed by atoms with Crippen molar-refractivity contribution >= 4 is 27.7 Å². The molecule has 2 aromatic carbocycles. The molecule has 1 atom stereocenters. The maximum Gasteiger partial charge on any atom is 0.0886 e. The van der Waals surface area contributed by atoms with Gasteiger partial charge in [-0.15, -0.1) is 11.8 Å². The molecule has 0 saturated carbocycles. The lowest BCUT2D eigenvalue weighted by molar-refractivity contribution is 0.203. The summed E-state index contributed by atoms with van der Waals surface area (Å²) in [5.41, 5.74) is 3.36. The summed E-state index contributed by atoms with van der Waals surface area (Å²) in [4.78, 5) is 1.16. The van der Waals surface area contributed by atoms with E-state index in [1.807, 2.05) is 25.1 Å². The van der Waals surface area contributed by atoms with Gasteiger partial charge < -0.3 is 5.11 Å². The van der Waals surface area contributed by atoms with Crippen molar-refractivity contribution in [2.24, 2.45) is 0 Å². The molecule has 0 amide bonds. The summed E-state index contributed by atoms with van der Waals surface area (Å²) in [6.45, 7) is 4.09. The summed E-state index contributed by atoms with van der Waals surface area (Å²) in [6.07, 6.45) is -0.433. The van der Waals surface area contributed by atoms with Crippen LogP contribution in [-0.2, 0) is 0 Å². The van der Waals surface area contributed by atoms with Crippen LogP contribution in [0.15, 0.2) is 51.8 Å². The van der Waals surface area contributed by atoms with E-state index in [0.29, 0.717) is 5.75 Å². The minimum Gasteiger partial charge on any atom is -0.388 e. The van der Waals surface area contributed by atoms with Crippen LogP contribution in [0.4, 0.5) is 0 Å². The van der Waals surface area contributed by atoms with E-state index in [4.69, 9.17) is 0 Å². The lowest BCUT2D eigenvalue weighted by Crippen LogP contribution is -2.03. The lowest BCUT2D eigenvalue weighted by atomic mass is 10.0. The number of hydrogen-bond donors (Lipinski definition) is 1. The highest BCUT2D eigenvalue weighted by atomic mass is 79.9. The van der Waals surface area contributed by atoms with Gasteiger partial charge in [0.15, 0.2) is 0 Å². The molecule has 19 heavy (non-hydrogen) atoms. The minimum absolute atomic E-state index is 0.433. The average molecular weight is 337 g/mol. The standard InChI is InChI=1S/C16H17BrOS/c1-11-7-8-12(2)13(9-11)15(18)10-19-16-6-4-3-5-14(16)17/h3-9,15,18H,10H2,1-2H3. The molecule has 0 aliphatic heterocycles. The Morgan fingerprint density at radius 3 is 2.63 bits per heavy atom. The Morgan fingerprint density at radius 2 is 1.89 bits per heavy atom. The zero-order chi connectivity index (χ0) is 13.8. The molecule has 100 valence electrons. The molecule has 1 N–H and O–H groups in total. The van der Waals surface area contributed by atoms with E-state index < -0.39 is 6.10 Å². The maximum atomic E-state index is 10.3. The van der Waals surface area contributed by atoms with Crippen LogP contribution >= 0.6 is 27.7 Å². The average Bonchev–Trinajstić information content (AvgIpc) is 2.40. The number of aryl methyl sites for hydroxylation is 2. The SMILES string of the molecule is Cc1ccc(C)c(C(O)CSc2ccccc2Br)c1. The maximum absolute atomic E-state index is 10.3. The highest BCUT2D eigenvalue weighted by molar-refractivity contribution is 9.10. The normalized spacial score (nSPS) is 12.4. The van der Waals surface area contributed by atoms with Gasteiger partial charge in [-0.25, -0.2) is 0 Å². The number of aliphatic hydroxyl groups excluding tert-OH is 1. The van der Waals surface area contributed by atoms with Crippen LogP contribution in [0.2, 0.25) is 0 Å². The largest absolute Gasteiger partial charge is 0.388 e. The number of hydrogen-bond acceptors (Lipinski definition) is 2. The van der Waals surface area contributed by atoms with Crippen molar-refractivity contribution in [1.29, 1.82) is 0 Å². The second-order valence-corrected chi connectivity index (χ2v) is 6.53. The molecule has 2 rings (SSSR count). The predicted octanol–water partition coefficient (Wildman–Crippen LogP) is 4.89.